The molecule has 74 valence electrons. The monoisotopic (exact) mass is 218 g/mol. The summed E-state index contributed by atoms with van der Waals surface area (Å²) in [5.74, 6) is 0.627. The van der Waals surface area contributed by atoms with Crippen LogP contribution in [-0.2, 0) is 0 Å². The number of hydrogen-bond donors (Lipinski definition) is 0. The predicted octanol–water partition coefficient (Wildman–Crippen LogP) is 2.77. The Morgan fingerprint density at radius 2 is 2.13 bits per heavy atom. The van der Waals surface area contributed by atoms with Gasteiger partial charge >= 0.3 is 0 Å². The molecule has 0 N–H and O–H groups in total. The summed E-state index contributed by atoms with van der Waals surface area (Å²) in [6, 6.07) is 5.51. The summed E-state index contributed by atoms with van der Waals surface area (Å²) in [4.78, 5) is 3.98. The van der Waals surface area contributed by atoms with Gasteiger partial charge in [-0.15, -0.1) is 0 Å². The molecule has 0 atom stereocenters. The van der Waals surface area contributed by atoms with Gasteiger partial charge in [0, 0.05) is 28.2 Å². The molecule has 0 aliphatic rings. The third-order valence-electron chi connectivity index (χ3n) is 2.14. The molecule has 0 amide bonds. The Labute approximate surface area is 91.9 Å². The van der Waals surface area contributed by atoms with Crippen molar-refractivity contribution in [3.63, 3.8) is 0 Å². The van der Waals surface area contributed by atoms with Gasteiger partial charge in [0.1, 0.15) is 11.8 Å². The Bertz CT molecular complexity index is 560. The van der Waals surface area contributed by atoms with Gasteiger partial charge in [-0.05, 0) is 12.1 Å². The second-order valence-corrected chi connectivity index (χ2v) is 3.44. The molecule has 1 aromatic heterocycles. The molecule has 1 aromatic carbocycles. The van der Waals surface area contributed by atoms with Crippen LogP contribution in [0, 0.1) is 11.3 Å². The molecule has 0 radical (unpaired) electrons. The molecule has 0 spiro atoms. The van der Waals surface area contributed by atoms with E-state index >= 15 is 0 Å². The first-order chi connectivity index (χ1) is 7.26. The minimum absolute atomic E-state index is 0.494. The van der Waals surface area contributed by atoms with Crippen LogP contribution in [0.1, 0.15) is 5.56 Å². The molecule has 0 bridgehead atoms. The van der Waals surface area contributed by atoms with Crippen LogP contribution in [0.2, 0.25) is 5.02 Å². The van der Waals surface area contributed by atoms with E-state index in [2.05, 4.69) is 11.1 Å². The van der Waals surface area contributed by atoms with Gasteiger partial charge in [-0.3, -0.25) is 4.98 Å². The highest BCUT2D eigenvalue weighted by Gasteiger charge is 2.07. The average molecular weight is 219 g/mol. The first-order valence-electron chi connectivity index (χ1n) is 4.27. The minimum atomic E-state index is 0.494. The molecule has 0 unspecified atom stereocenters. The van der Waals surface area contributed by atoms with E-state index < -0.39 is 0 Å². The van der Waals surface area contributed by atoms with Crippen molar-refractivity contribution in [3.05, 3.63) is 35.1 Å². The predicted molar refractivity (Wildman–Crippen MR) is 58.0 cm³/mol. The lowest BCUT2D eigenvalue weighted by Crippen LogP contribution is -1.88. The van der Waals surface area contributed by atoms with E-state index in [0.29, 0.717) is 16.3 Å². The summed E-state index contributed by atoms with van der Waals surface area (Å²) >= 11 is 5.92. The fourth-order valence-corrected chi connectivity index (χ4v) is 1.67. The number of halogens is 1. The average Bonchev–Trinajstić information content (AvgIpc) is 2.27. The van der Waals surface area contributed by atoms with Crippen molar-refractivity contribution in [2.24, 2.45) is 0 Å². The van der Waals surface area contributed by atoms with Crippen LogP contribution in [0.15, 0.2) is 24.5 Å². The van der Waals surface area contributed by atoms with Crippen molar-refractivity contribution >= 4 is 22.4 Å². The van der Waals surface area contributed by atoms with Gasteiger partial charge in [0.05, 0.1) is 12.7 Å². The summed E-state index contributed by atoms with van der Waals surface area (Å²) in [5, 5.41) is 11.0. The SMILES string of the molecule is COc1cc(Cl)cc2c(C#N)cncc12. The van der Waals surface area contributed by atoms with Crippen LogP contribution in [-0.4, -0.2) is 12.1 Å². The first kappa shape index (κ1) is 9.75. The number of pyridine rings is 1. The molecule has 0 aliphatic heterocycles. The molecule has 4 heteroatoms. The third-order valence-corrected chi connectivity index (χ3v) is 2.36. The van der Waals surface area contributed by atoms with Gasteiger partial charge in [-0.1, -0.05) is 11.6 Å². The number of nitrogens with zero attached hydrogens (tertiary/aromatic N) is 2. The maximum Gasteiger partial charge on any atom is 0.129 e. The van der Waals surface area contributed by atoms with Crippen molar-refractivity contribution in [2.45, 2.75) is 0 Å². The number of fused-ring (bicyclic) bond motifs is 1. The van der Waals surface area contributed by atoms with E-state index in [-0.39, 0.29) is 0 Å². The number of ether oxygens (including phenoxy) is 1. The molecule has 1 heterocycles. The van der Waals surface area contributed by atoms with Gasteiger partial charge in [0.15, 0.2) is 0 Å². The lowest BCUT2D eigenvalue weighted by Gasteiger charge is -2.06. The van der Waals surface area contributed by atoms with Crippen LogP contribution in [0.5, 0.6) is 5.75 Å². The normalized spacial score (nSPS) is 9.93. The van der Waals surface area contributed by atoms with E-state index in [1.54, 1.807) is 25.4 Å². The van der Waals surface area contributed by atoms with Crippen LogP contribution >= 0.6 is 11.6 Å². The lowest BCUT2D eigenvalue weighted by atomic mass is 10.1. The van der Waals surface area contributed by atoms with E-state index in [1.807, 2.05) is 0 Å². The number of aromatic nitrogens is 1. The molecule has 0 saturated carbocycles. The zero-order valence-electron chi connectivity index (χ0n) is 7.99. The Kier molecular flexibility index (Phi) is 2.44. The summed E-state index contributed by atoms with van der Waals surface area (Å²) in [6.07, 6.45) is 3.17. The van der Waals surface area contributed by atoms with Crippen molar-refractivity contribution in [3.8, 4) is 11.8 Å². The lowest BCUT2D eigenvalue weighted by molar-refractivity contribution is 0.420. The van der Waals surface area contributed by atoms with Crippen LogP contribution in [0.4, 0.5) is 0 Å². The largest absolute Gasteiger partial charge is 0.496 e. The zero-order chi connectivity index (χ0) is 10.8. The number of nitriles is 1. The van der Waals surface area contributed by atoms with E-state index in [9.17, 15) is 0 Å². The van der Waals surface area contributed by atoms with E-state index in [4.69, 9.17) is 21.6 Å². The second-order valence-electron chi connectivity index (χ2n) is 3.00. The van der Waals surface area contributed by atoms with Crippen molar-refractivity contribution in [1.29, 1.82) is 5.26 Å². The summed E-state index contributed by atoms with van der Waals surface area (Å²) in [7, 11) is 1.56. The quantitative estimate of drug-likeness (QED) is 0.740. The fourth-order valence-electron chi connectivity index (χ4n) is 1.46. The van der Waals surface area contributed by atoms with E-state index in [1.165, 1.54) is 6.20 Å². The second kappa shape index (κ2) is 3.76. The Hall–Kier alpha value is -1.79. The Balaban J connectivity index is 2.90. The highest BCUT2D eigenvalue weighted by Crippen LogP contribution is 2.30. The van der Waals surface area contributed by atoms with Crippen molar-refractivity contribution < 1.29 is 4.74 Å². The molecule has 2 aromatic rings. The van der Waals surface area contributed by atoms with Crippen LogP contribution in [0.25, 0.3) is 10.8 Å². The van der Waals surface area contributed by atoms with Crippen LogP contribution in [0.3, 0.4) is 0 Å². The maximum absolute atomic E-state index is 8.92. The molecule has 3 nitrogen and oxygen atoms in total. The van der Waals surface area contributed by atoms with Gasteiger partial charge < -0.3 is 4.74 Å². The highest BCUT2D eigenvalue weighted by atomic mass is 35.5. The number of rotatable bonds is 1. The van der Waals surface area contributed by atoms with Crippen LogP contribution < -0.4 is 4.74 Å². The number of hydrogen-bond acceptors (Lipinski definition) is 3. The summed E-state index contributed by atoms with van der Waals surface area (Å²) in [5.41, 5.74) is 0.494. The van der Waals surface area contributed by atoms with Gasteiger partial charge in [-0.25, -0.2) is 0 Å². The summed E-state index contributed by atoms with van der Waals surface area (Å²) < 4.78 is 5.17. The minimum Gasteiger partial charge on any atom is -0.496 e. The highest BCUT2D eigenvalue weighted by molar-refractivity contribution is 6.31. The zero-order valence-corrected chi connectivity index (χ0v) is 8.75. The maximum atomic E-state index is 8.92. The number of methoxy groups -OCH3 is 1. The molecule has 2 rings (SSSR count). The van der Waals surface area contributed by atoms with Crippen molar-refractivity contribution in [1.82, 2.24) is 4.98 Å². The van der Waals surface area contributed by atoms with Crippen molar-refractivity contribution in [2.75, 3.05) is 7.11 Å². The van der Waals surface area contributed by atoms with E-state index in [0.717, 1.165) is 10.8 Å². The fraction of sp³-hybridized carbons (Fsp3) is 0.0909. The molecular weight excluding hydrogens is 212 g/mol. The van der Waals surface area contributed by atoms with Gasteiger partial charge in [0.25, 0.3) is 0 Å². The number of benzene rings is 1. The standard InChI is InChI=1S/C11H7ClN2O/c1-15-11-3-8(12)2-9-7(4-13)5-14-6-10(9)11/h2-3,5-6H,1H3. The third kappa shape index (κ3) is 1.60. The molecule has 0 saturated heterocycles. The van der Waals surface area contributed by atoms with Gasteiger partial charge in [0.2, 0.25) is 0 Å². The molecule has 15 heavy (non-hydrogen) atoms. The topological polar surface area (TPSA) is 45.9 Å². The summed E-state index contributed by atoms with van der Waals surface area (Å²) in [6.45, 7) is 0. The smallest absolute Gasteiger partial charge is 0.129 e. The first-order valence-corrected chi connectivity index (χ1v) is 4.65. The Morgan fingerprint density at radius 3 is 2.80 bits per heavy atom. The molecular formula is C11H7ClN2O. The molecule has 0 fully saturated rings. The molecule has 0 aliphatic carbocycles. The Morgan fingerprint density at radius 1 is 1.33 bits per heavy atom. The van der Waals surface area contributed by atoms with Gasteiger partial charge in [-0.2, -0.15) is 5.26 Å².